The number of imidazole rings is 1. The minimum Gasteiger partial charge on any atom is -0.496 e. The van der Waals surface area contributed by atoms with E-state index in [-0.39, 0.29) is 6.03 Å². The molecule has 0 saturated carbocycles. The average Bonchev–Trinajstić information content (AvgIpc) is 2.97. The van der Waals surface area contributed by atoms with Gasteiger partial charge in [0.25, 0.3) is 0 Å². The van der Waals surface area contributed by atoms with Crippen LogP contribution in [0.2, 0.25) is 0 Å². The standard InChI is InChI=1S/C14H17BrN4O2/c1-21-13-4-3-11(9-12(13)15)18-14(20)17-5-2-7-19-8-6-16-10-19/h3-4,6,8-10H,2,5,7H2,1H3,(H2,17,18,20). The minimum absolute atomic E-state index is 0.224. The Kier molecular flexibility index (Phi) is 5.62. The van der Waals surface area contributed by atoms with Crippen molar-refractivity contribution in [2.75, 3.05) is 19.0 Å². The van der Waals surface area contributed by atoms with Crippen LogP contribution in [0.3, 0.4) is 0 Å². The Morgan fingerprint density at radius 1 is 1.48 bits per heavy atom. The van der Waals surface area contributed by atoms with Gasteiger partial charge in [0, 0.05) is 31.2 Å². The molecule has 1 aromatic carbocycles. The number of rotatable bonds is 6. The van der Waals surface area contributed by atoms with Crippen LogP contribution in [0.15, 0.2) is 41.4 Å². The van der Waals surface area contributed by atoms with Gasteiger partial charge in [0.2, 0.25) is 0 Å². The maximum atomic E-state index is 11.8. The van der Waals surface area contributed by atoms with Gasteiger partial charge in [0.1, 0.15) is 5.75 Å². The molecule has 2 rings (SSSR count). The van der Waals surface area contributed by atoms with Crippen molar-refractivity contribution in [1.29, 1.82) is 0 Å². The van der Waals surface area contributed by atoms with Crippen molar-refractivity contribution in [1.82, 2.24) is 14.9 Å². The van der Waals surface area contributed by atoms with Crippen LogP contribution in [-0.4, -0.2) is 29.2 Å². The zero-order valence-electron chi connectivity index (χ0n) is 11.7. The number of halogens is 1. The molecule has 0 spiro atoms. The average molecular weight is 353 g/mol. The Bertz CT molecular complexity index is 587. The van der Waals surface area contributed by atoms with Crippen molar-refractivity contribution in [3.05, 3.63) is 41.4 Å². The van der Waals surface area contributed by atoms with Crippen LogP contribution in [-0.2, 0) is 6.54 Å². The Morgan fingerprint density at radius 3 is 3.00 bits per heavy atom. The monoisotopic (exact) mass is 352 g/mol. The van der Waals surface area contributed by atoms with Gasteiger partial charge in [-0.25, -0.2) is 9.78 Å². The number of nitrogens with one attached hydrogen (secondary N) is 2. The molecule has 0 radical (unpaired) electrons. The summed E-state index contributed by atoms with van der Waals surface area (Å²) >= 11 is 3.38. The number of aryl methyl sites for hydroxylation is 1. The number of carbonyl (C=O) groups is 1. The Balaban J connectivity index is 1.72. The van der Waals surface area contributed by atoms with E-state index in [0.29, 0.717) is 12.2 Å². The van der Waals surface area contributed by atoms with Gasteiger partial charge in [0.15, 0.2) is 0 Å². The maximum Gasteiger partial charge on any atom is 0.319 e. The molecule has 21 heavy (non-hydrogen) atoms. The normalized spacial score (nSPS) is 10.2. The molecule has 7 heteroatoms. The Labute approximate surface area is 131 Å². The SMILES string of the molecule is COc1ccc(NC(=O)NCCCn2ccnc2)cc1Br. The first-order chi connectivity index (χ1) is 10.2. The van der Waals surface area contributed by atoms with Gasteiger partial charge in [0.05, 0.1) is 17.9 Å². The molecule has 6 nitrogen and oxygen atoms in total. The highest BCUT2D eigenvalue weighted by atomic mass is 79.9. The molecule has 1 heterocycles. The molecule has 0 bridgehead atoms. The summed E-state index contributed by atoms with van der Waals surface area (Å²) in [5.41, 5.74) is 0.704. The first-order valence-corrected chi connectivity index (χ1v) is 7.32. The molecule has 0 fully saturated rings. The van der Waals surface area contributed by atoms with E-state index in [1.807, 2.05) is 10.8 Å². The van der Waals surface area contributed by atoms with Gasteiger partial charge < -0.3 is 19.9 Å². The van der Waals surface area contributed by atoms with Crippen molar-refractivity contribution in [3.63, 3.8) is 0 Å². The van der Waals surface area contributed by atoms with E-state index >= 15 is 0 Å². The molecule has 0 aliphatic heterocycles. The highest BCUT2D eigenvalue weighted by Crippen LogP contribution is 2.27. The van der Waals surface area contributed by atoms with Gasteiger partial charge in [-0.15, -0.1) is 0 Å². The van der Waals surface area contributed by atoms with Crippen molar-refractivity contribution < 1.29 is 9.53 Å². The molecule has 2 amide bonds. The van der Waals surface area contributed by atoms with Crippen LogP contribution in [0.4, 0.5) is 10.5 Å². The molecule has 1 aromatic heterocycles. The van der Waals surface area contributed by atoms with E-state index in [9.17, 15) is 4.79 Å². The van der Waals surface area contributed by atoms with Crippen molar-refractivity contribution in [2.45, 2.75) is 13.0 Å². The van der Waals surface area contributed by atoms with Crippen molar-refractivity contribution in [3.8, 4) is 5.75 Å². The molecule has 2 aromatic rings. The number of benzene rings is 1. The van der Waals surface area contributed by atoms with Crippen LogP contribution >= 0.6 is 15.9 Å². The number of hydrogen-bond acceptors (Lipinski definition) is 3. The summed E-state index contributed by atoms with van der Waals surface area (Å²) in [5, 5.41) is 5.58. The summed E-state index contributed by atoms with van der Waals surface area (Å²) in [4.78, 5) is 15.7. The second kappa shape index (κ2) is 7.68. The molecule has 112 valence electrons. The fourth-order valence-corrected chi connectivity index (χ4v) is 2.34. The van der Waals surface area contributed by atoms with E-state index < -0.39 is 0 Å². The Hall–Kier alpha value is -2.02. The number of urea groups is 1. The van der Waals surface area contributed by atoms with Gasteiger partial charge in [-0.3, -0.25) is 0 Å². The first-order valence-electron chi connectivity index (χ1n) is 6.53. The smallest absolute Gasteiger partial charge is 0.319 e. The summed E-state index contributed by atoms with van der Waals surface area (Å²) in [5.74, 6) is 0.723. The topological polar surface area (TPSA) is 68.2 Å². The van der Waals surface area contributed by atoms with Gasteiger partial charge >= 0.3 is 6.03 Å². The molecule has 0 aliphatic rings. The molecule has 2 N–H and O–H groups in total. The van der Waals surface area contributed by atoms with Gasteiger partial charge in [-0.2, -0.15) is 0 Å². The zero-order chi connectivity index (χ0) is 15.1. The zero-order valence-corrected chi connectivity index (χ0v) is 13.3. The fraction of sp³-hybridized carbons (Fsp3) is 0.286. The number of aromatic nitrogens is 2. The van der Waals surface area contributed by atoms with E-state index in [2.05, 4.69) is 31.5 Å². The predicted octanol–water partition coefficient (Wildman–Crippen LogP) is 2.87. The largest absolute Gasteiger partial charge is 0.496 e. The Morgan fingerprint density at radius 2 is 2.33 bits per heavy atom. The predicted molar refractivity (Wildman–Crippen MR) is 84.6 cm³/mol. The number of hydrogen-bond donors (Lipinski definition) is 2. The number of amides is 2. The second-order valence-electron chi connectivity index (χ2n) is 4.38. The molecule has 0 saturated heterocycles. The number of carbonyl (C=O) groups excluding carboxylic acids is 1. The van der Waals surface area contributed by atoms with Crippen LogP contribution in [0, 0.1) is 0 Å². The van der Waals surface area contributed by atoms with E-state index in [1.54, 1.807) is 37.8 Å². The van der Waals surface area contributed by atoms with Crippen LogP contribution in [0.5, 0.6) is 5.75 Å². The second-order valence-corrected chi connectivity index (χ2v) is 5.24. The first kappa shape index (κ1) is 15.4. The molecule has 0 aliphatic carbocycles. The lowest BCUT2D eigenvalue weighted by atomic mass is 10.3. The van der Waals surface area contributed by atoms with Gasteiger partial charge in [-0.05, 0) is 40.5 Å². The van der Waals surface area contributed by atoms with Crippen LogP contribution in [0.25, 0.3) is 0 Å². The number of ether oxygens (including phenoxy) is 1. The molecular formula is C14H17BrN4O2. The maximum absolute atomic E-state index is 11.8. The quantitative estimate of drug-likeness (QED) is 0.785. The summed E-state index contributed by atoms with van der Waals surface area (Å²) in [7, 11) is 1.60. The molecular weight excluding hydrogens is 336 g/mol. The molecule has 0 unspecified atom stereocenters. The summed E-state index contributed by atoms with van der Waals surface area (Å²) in [6.45, 7) is 1.43. The third-order valence-electron chi connectivity index (χ3n) is 2.85. The summed E-state index contributed by atoms with van der Waals surface area (Å²) in [6.07, 6.45) is 6.24. The number of nitrogens with zero attached hydrogens (tertiary/aromatic N) is 2. The third kappa shape index (κ3) is 4.78. The fourth-order valence-electron chi connectivity index (χ4n) is 1.80. The lowest BCUT2D eigenvalue weighted by Gasteiger charge is -2.09. The van der Waals surface area contributed by atoms with Crippen LogP contribution < -0.4 is 15.4 Å². The number of anilines is 1. The highest BCUT2D eigenvalue weighted by molar-refractivity contribution is 9.10. The summed E-state index contributed by atoms with van der Waals surface area (Å²) in [6, 6.07) is 5.15. The van der Waals surface area contributed by atoms with Crippen LogP contribution in [0.1, 0.15) is 6.42 Å². The van der Waals surface area contributed by atoms with Crippen molar-refractivity contribution >= 4 is 27.6 Å². The highest BCUT2D eigenvalue weighted by Gasteiger charge is 2.04. The lowest BCUT2D eigenvalue weighted by Crippen LogP contribution is -2.30. The lowest BCUT2D eigenvalue weighted by molar-refractivity contribution is 0.252. The van der Waals surface area contributed by atoms with E-state index in [1.165, 1.54) is 0 Å². The number of methoxy groups -OCH3 is 1. The van der Waals surface area contributed by atoms with Gasteiger partial charge in [-0.1, -0.05) is 0 Å². The van der Waals surface area contributed by atoms with E-state index in [4.69, 9.17) is 4.74 Å². The minimum atomic E-state index is -0.224. The summed E-state index contributed by atoms with van der Waals surface area (Å²) < 4.78 is 7.90. The molecule has 0 atom stereocenters. The van der Waals surface area contributed by atoms with Crippen molar-refractivity contribution in [2.24, 2.45) is 0 Å². The third-order valence-corrected chi connectivity index (χ3v) is 3.47. The van der Waals surface area contributed by atoms with E-state index in [0.717, 1.165) is 23.2 Å².